The zero-order valence-electron chi connectivity index (χ0n) is 10.7. The molecule has 0 aliphatic carbocycles. The van der Waals surface area contributed by atoms with Gasteiger partial charge in [0.25, 0.3) is 0 Å². The first kappa shape index (κ1) is 11.1. The van der Waals surface area contributed by atoms with Gasteiger partial charge in [-0.05, 0) is 18.6 Å². The van der Waals surface area contributed by atoms with Crippen molar-refractivity contribution in [3.63, 3.8) is 0 Å². The van der Waals surface area contributed by atoms with E-state index in [2.05, 4.69) is 33.2 Å². The molecule has 4 nitrogen and oxygen atoms in total. The van der Waals surface area contributed by atoms with Crippen LogP contribution in [0.1, 0.15) is 11.3 Å². The molecular weight excluding hydrogens is 226 g/mol. The minimum Gasteiger partial charge on any atom is -0.488 e. The molecule has 0 amide bonds. The Morgan fingerprint density at radius 2 is 2.28 bits per heavy atom. The second-order valence-corrected chi connectivity index (χ2v) is 4.66. The van der Waals surface area contributed by atoms with Crippen molar-refractivity contribution in [2.24, 2.45) is 0 Å². The van der Waals surface area contributed by atoms with Gasteiger partial charge < -0.3 is 14.6 Å². The molecule has 0 fully saturated rings. The number of anilines is 1. The summed E-state index contributed by atoms with van der Waals surface area (Å²) in [6.07, 6.45) is 3.22. The van der Waals surface area contributed by atoms with Crippen molar-refractivity contribution in [2.45, 2.75) is 26.0 Å². The Bertz CT molecular complexity index is 537. The molecule has 1 N–H and O–H groups in total. The molecule has 1 aromatic heterocycles. The highest BCUT2D eigenvalue weighted by Crippen LogP contribution is 2.29. The second-order valence-electron chi connectivity index (χ2n) is 4.66. The van der Waals surface area contributed by atoms with E-state index < -0.39 is 0 Å². The lowest BCUT2D eigenvalue weighted by Gasteiger charge is -2.13. The van der Waals surface area contributed by atoms with Crippen LogP contribution in [0.5, 0.6) is 5.75 Å². The molecule has 0 radical (unpaired) electrons. The summed E-state index contributed by atoms with van der Waals surface area (Å²) in [6, 6.07) is 8.24. The van der Waals surface area contributed by atoms with Crippen molar-refractivity contribution >= 4 is 5.95 Å². The fraction of sp³-hybridized carbons (Fsp3) is 0.357. The van der Waals surface area contributed by atoms with Crippen LogP contribution in [-0.2, 0) is 13.0 Å². The molecule has 94 valence electrons. The number of hydrogen-bond acceptors (Lipinski definition) is 3. The number of nitrogens with zero attached hydrogens (tertiary/aromatic N) is 2. The summed E-state index contributed by atoms with van der Waals surface area (Å²) in [5.74, 6) is 1.91. The van der Waals surface area contributed by atoms with Gasteiger partial charge in [0.1, 0.15) is 11.9 Å². The molecule has 1 aromatic carbocycles. The molecule has 0 spiro atoms. The number of hydrogen-bond donors (Lipinski definition) is 1. The number of para-hydroxylation sites is 1. The van der Waals surface area contributed by atoms with Crippen LogP contribution in [0, 0.1) is 6.92 Å². The Balaban J connectivity index is 1.76. The number of nitrogens with one attached hydrogen (secondary N) is 1. The Labute approximate surface area is 107 Å². The quantitative estimate of drug-likeness (QED) is 0.898. The summed E-state index contributed by atoms with van der Waals surface area (Å²) >= 11 is 0. The highest BCUT2D eigenvalue weighted by Gasteiger charge is 2.23. The molecule has 4 heteroatoms. The smallest absolute Gasteiger partial charge is 0.202 e. The van der Waals surface area contributed by atoms with Crippen LogP contribution in [0.15, 0.2) is 30.5 Å². The first-order valence-electron chi connectivity index (χ1n) is 6.22. The Morgan fingerprint density at radius 1 is 1.44 bits per heavy atom. The van der Waals surface area contributed by atoms with E-state index in [9.17, 15) is 0 Å². The van der Waals surface area contributed by atoms with Crippen LogP contribution in [0.2, 0.25) is 0 Å². The van der Waals surface area contributed by atoms with Crippen LogP contribution in [0.3, 0.4) is 0 Å². The molecule has 3 rings (SSSR count). The number of fused-ring (bicyclic) bond motifs is 1. The molecule has 0 saturated carbocycles. The Morgan fingerprint density at radius 3 is 3.06 bits per heavy atom. The fourth-order valence-electron chi connectivity index (χ4n) is 2.46. The standard InChI is InChI=1S/C14H17N3O/c1-10-8-17(14(15-2)16-10)9-12-7-11-5-3-4-6-13(11)18-12/h3-6,8,12H,7,9H2,1-2H3,(H,15,16). The number of rotatable bonds is 3. The maximum absolute atomic E-state index is 5.94. The molecule has 18 heavy (non-hydrogen) atoms. The predicted molar refractivity (Wildman–Crippen MR) is 71.1 cm³/mol. The number of aryl methyl sites for hydroxylation is 1. The SMILES string of the molecule is CNc1nc(C)cn1CC1Cc2ccccc2O1. The Kier molecular flexibility index (Phi) is 2.70. The van der Waals surface area contributed by atoms with Gasteiger partial charge in [0, 0.05) is 19.7 Å². The maximum atomic E-state index is 5.94. The average molecular weight is 243 g/mol. The van der Waals surface area contributed by atoms with E-state index in [1.54, 1.807) is 0 Å². The molecule has 0 saturated heterocycles. The van der Waals surface area contributed by atoms with Gasteiger partial charge in [0.05, 0.1) is 12.2 Å². The van der Waals surface area contributed by atoms with Gasteiger partial charge in [-0.3, -0.25) is 0 Å². The second kappa shape index (κ2) is 4.37. The molecule has 1 aliphatic rings. The van der Waals surface area contributed by atoms with E-state index in [1.165, 1.54) is 5.56 Å². The highest BCUT2D eigenvalue weighted by atomic mass is 16.5. The number of aromatic nitrogens is 2. The third-order valence-corrected chi connectivity index (χ3v) is 3.23. The van der Waals surface area contributed by atoms with Crippen LogP contribution in [-0.4, -0.2) is 22.7 Å². The number of benzene rings is 1. The van der Waals surface area contributed by atoms with Crippen molar-refractivity contribution in [2.75, 3.05) is 12.4 Å². The summed E-state index contributed by atoms with van der Waals surface area (Å²) < 4.78 is 8.06. The Hall–Kier alpha value is -1.97. The third kappa shape index (κ3) is 1.94. The van der Waals surface area contributed by atoms with Gasteiger partial charge in [-0.2, -0.15) is 0 Å². The van der Waals surface area contributed by atoms with Crippen molar-refractivity contribution in [1.29, 1.82) is 0 Å². The third-order valence-electron chi connectivity index (χ3n) is 3.23. The topological polar surface area (TPSA) is 39.1 Å². The first-order chi connectivity index (χ1) is 8.76. The van der Waals surface area contributed by atoms with Gasteiger partial charge in [-0.15, -0.1) is 0 Å². The van der Waals surface area contributed by atoms with Crippen molar-refractivity contribution < 1.29 is 4.74 Å². The average Bonchev–Trinajstić information content (AvgIpc) is 2.92. The van der Waals surface area contributed by atoms with Gasteiger partial charge >= 0.3 is 0 Å². The van der Waals surface area contributed by atoms with E-state index >= 15 is 0 Å². The zero-order chi connectivity index (χ0) is 12.5. The van der Waals surface area contributed by atoms with E-state index in [-0.39, 0.29) is 6.10 Å². The van der Waals surface area contributed by atoms with Crippen LogP contribution < -0.4 is 10.1 Å². The summed E-state index contributed by atoms with van der Waals surface area (Å²) in [5, 5.41) is 3.11. The van der Waals surface area contributed by atoms with E-state index in [4.69, 9.17) is 4.74 Å². The van der Waals surface area contributed by atoms with Gasteiger partial charge in [0.15, 0.2) is 0 Å². The molecule has 1 unspecified atom stereocenters. The largest absolute Gasteiger partial charge is 0.488 e. The van der Waals surface area contributed by atoms with Crippen LogP contribution in [0.25, 0.3) is 0 Å². The van der Waals surface area contributed by atoms with Crippen LogP contribution in [0.4, 0.5) is 5.95 Å². The summed E-state index contributed by atoms with van der Waals surface area (Å²) in [4.78, 5) is 4.42. The van der Waals surface area contributed by atoms with E-state index in [0.29, 0.717) is 0 Å². The molecule has 0 bridgehead atoms. The molecule has 1 aliphatic heterocycles. The normalized spacial score (nSPS) is 17.3. The van der Waals surface area contributed by atoms with Crippen molar-refractivity contribution in [3.05, 3.63) is 41.7 Å². The minimum absolute atomic E-state index is 0.197. The molecule has 2 heterocycles. The fourth-order valence-corrected chi connectivity index (χ4v) is 2.46. The maximum Gasteiger partial charge on any atom is 0.202 e. The van der Waals surface area contributed by atoms with E-state index in [1.807, 2.05) is 26.1 Å². The minimum atomic E-state index is 0.197. The van der Waals surface area contributed by atoms with Gasteiger partial charge in [0.2, 0.25) is 5.95 Å². The predicted octanol–water partition coefficient (Wildman–Crippen LogP) is 2.24. The molecule has 1 atom stereocenters. The summed E-state index contributed by atoms with van der Waals surface area (Å²) in [7, 11) is 1.89. The highest BCUT2D eigenvalue weighted by molar-refractivity contribution is 5.37. The van der Waals surface area contributed by atoms with E-state index in [0.717, 1.165) is 30.4 Å². The molecule has 2 aromatic rings. The lowest BCUT2D eigenvalue weighted by molar-refractivity contribution is 0.210. The zero-order valence-corrected chi connectivity index (χ0v) is 10.7. The molecular formula is C14H17N3O. The number of imidazole rings is 1. The van der Waals surface area contributed by atoms with Crippen molar-refractivity contribution in [3.8, 4) is 5.75 Å². The summed E-state index contributed by atoms with van der Waals surface area (Å²) in [5.41, 5.74) is 2.32. The lowest BCUT2D eigenvalue weighted by Crippen LogP contribution is -2.21. The lowest BCUT2D eigenvalue weighted by atomic mass is 10.1. The monoisotopic (exact) mass is 243 g/mol. The van der Waals surface area contributed by atoms with Crippen molar-refractivity contribution in [1.82, 2.24) is 9.55 Å². The van der Waals surface area contributed by atoms with Gasteiger partial charge in [-0.1, -0.05) is 18.2 Å². The van der Waals surface area contributed by atoms with Gasteiger partial charge in [-0.25, -0.2) is 4.98 Å². The van der Waals surface area contributed by atoms with Crippen LogP contribution >= 0.6 is 0 Å². The first-order valence-corrected chi connectivity index (χ1v) is 6.22. The summed E-state index contributed by atoms with van der Waals surface area (Å²) in [6.45, 7) is 2.83. The number of ether oxygens (including phenoxy) is 1.